The molecule has 8 nitrogen and oxygen atoms in total. The number of nitrogens with zero attached hydrogens (tertiary/aromatic N) is 4. The van der Waals surface area contributed by atoms with Crippen molar-refractivity contribution in [3.05, 3.63) is 67.9 Å². The largest absolute Gasteiger partial charge is 0.423 e. The number of ether oxygens (including phenoxy) is 1. The Kier molecular flexibility index (Phi) is 3.26. The van der Waals surface area contributed by atoms with Gasteiger partial charge in [0, 0.05) is 26.5 Å². The number of hydrogen-bond donors (Lipinski definition) is 1. The van der Waals surface area contributed by atoms with E-state index in [2.05, 4.69) is 4.98 Å². The standard InChI is InChI=1S/C15H13N5O3/c1-19-13(21)11-10(8-3-5-18-6-4-8)9(7-16)12(17)23-14(11)20(2)15(19)22/h3-6,10H,17H2,1-2H3. The molecule has 0 aromatic carbocycles. The van der Waals surface area contributed by atoms with E-state index in [-0.39, 0.29) is 22.9 Å². The first-order valence-electron chi connectivity index (χ1n) is 6.74. The average Bonchev–Trinajstić information content (AvgIpc) is 2.57. The second-order valence-corrected chi connectivity index (χ2v) is 5.13. The van der Waals surface area contributed by atoms with E-state index in [4.69, 9.17) is 10.5 Å². The first-order valence-corrected chi connectivity index (χ1v) is 6.74. The molecule has 0 amide bonds. The lowest BCUT2D eigenvalue weighted by Gasteiger charge is -2.27. The third-order valence-electron chi connectivity index (χ3n) is 3.85. The van der Waals surface area contributed by atoms with Crippen LogP contribution in [-0.2, 0) is 14.1 Å². The van der Waals surface area contributed by atoms with Gasteiger partial charge in [0.2, 0.25) is 11.8 Å². The Labute approximate surface area is 130 Å². The maximum Gasteiger partial charge on any atom is 0.333 e. The quantitative estimate of drug-likeness (QED) is 0.772. The molecular weight excluding hydrogens is 298 g/mol. The molecule has 3 rings (SSSR count). The smallest absolute Gasteiger partial charge is 0.333 e. The SMILES string of the molecule is Cn1c2c(c(=O)n(C)c1=O)C(c1ccncc1)C(C#N)=C(N)O2. The summed E-state index contributed by atoms with van der Waals surface area (Å²) in [5.41, 5.74) is 5.77. The van der Waals surface area contributed by atoms with Crippen LogP contribution in [0.15, 0.2) is 45.6 Å². The van der Waals surface area contributed by atoms with Crippen molar-refractivity contribution in [1.29, 1.82) is 5.26 Å². The van der Waals surface area contributed by atoms with Crippen molar-refractivity contribution in [3.8, 4) is 11.9 Å². The number of hydrogen-bond acceptors (Lipinski definition) is 6. The van der Waals surface area contributed by atoms with Crippen molar-refractivity contribution >= 4 is 0 Å². The number of nitriles is 1. The van der Waals surface area contributed by atoms with Gasteiger partial charge in [-0.3, -0.25) is 18.9 Å². The van der Waals surface area contributed by atoms with Crippen molar-refractivity contribution in [2.75, 3.05) is 0 Å². The predicted octanol–water partition coefficient (Wildman–Crippen LogP) is -0.303. The third-order valence-corrected chi connectivity index (χ3v) is 3.85. The van der Waals surface area contributed by atoms with Crippen LogP contribution in [0.2, 0.25) is 0 Å². The van der Waals surface area contributed by atoms with E-state index in [1.165, 1.54) is 18.7 Å². The van der Waals surface area contributed by atoms with E-state index in [0.29, 0.717) is 5.56 Å². The summed E-state index contributed by atoms with van der Waals surface area (Å²) in [6, 6.07) is 5.38. The Bertz CT molecular complexity index is 979. The molecule has 0 saturated carbocycles. The molecule has 1 aliphatic heterocycles. The molecule has 0 spiro atoms. The molecule has 2 aromatic rings. The number of allylic oxidation sites excluding steroid dienone is 1. The molecule has 0 saturated heterocycles. The molecular formula is C15H13N5O3. The summed E-state index contributed by atoms with van der Waals surface area (Å²) in [6.45, 7) is 0. The van der Waals surface area contributed by atoms with Crippen LogP contribution in [0, 0.1) is 11.3 Å². The number of pyridine rings is 1. The minimum absolute atomic E-state index is 0.0522. The van der Waals surface area contributed by atoms with Crippen LogP contribution in [0.4, 0.5) is 0 Å². The Morgan fingerprint density at radius 2 is 1.91 bits per heavy atom. The lowest BCUT2D eigenvalue weighted by atomic mass is 9.85. The molecule has 0 radical (unpaired) electrons. The van der Waals surface area contributed by atoms with Crippen LogP contribution >= 0.6 is 0 Å². The summed E-state index contributed by atoms with van der Waals surface area (Å²) >= 11 is 0. The van der Waals surface area contributed by atoms with Gasteiger partial charge in [0.15, 0.2) is 0 Å². The molecule has 0 bridgehead atoms. The summed E-state index contributed by atoms with van der Waals surface area (Å²) in [5, 5.41) is 9.44. The molecule has 116 valence electrons. The van der Waals surface area contributed by atoms with E-state index in [0.717, 1.165) is 4.57 Å². The predicted molar refractivity (Wildman–Crippen MR) is 80.5 cm³/mol. The first kappa shape index (κ1) is 14.6. The fourth-order valence-corrected chi connectivity index (χ4v) is 2.68. The van der Waals surface area contributed by atoms with Gasteiger partial charge >= 0.3 is 5.69 Å². The Morgan fingerprint density at radius 3 is 2.52 bits per heavy atom. The van der Waals surface area contributed by atoms with Crippen molar-refractivity contribution in [2.24, 2.45) is 19.8 Å². The highest BCUT2D eigenvalue weighted by atomic mass is 16.5. The topological polar surface area (TPSA) is 116 Å². The summed E-state index contributed by atoms with van der Waals surface area (Å²) in [4.78, 5) is 28.6. The molecule has 2 N–H and O–H groups in total. The molecule has 1 atom stereocenters. The summed E-state index contributed by atoms with van der Waals surface area (Å²) < 4.78 is 7.58. The Balaban J connectivity index is 2.43. The maximum atomic E-state index is 12.6. The van der Waals surface area contributed by atoms with E-state index in [1.54, 1.807) is 24.5 Å². The van der Waals surface area contributed by atoms with Crippen LogP contribution in [0.1, 0.15) is 17.0 Å². The summed E-state index contributed by atoms with van der Waals surface area (Å²) in [7, 11) is 2.86. The highest BCUT2D eigenvalue weighted by Gasteiger charge is 2.35. The van der Waals surface area contributed by atoms with Crippen molar-refractivity contribution in [1.82, 2.24) is 14.1 Å². The highest BCUT2D eigenvalue weighted by Crippen LogP contribution is 2.38. The van der Waals surface area contributed by atoms with Crippen LogP contribution in [0.5, 0.6) is 5.88 Å². The maximum absolute atomic E-state index is 12.6. The van der Waals surface area contributed by atoms with Gasteiger partial charge in [0.1, 0.15) is 11.6 Å². The molecule has 3 heterocycles. The lowest BCUT2D eigenvalue weighted by Crippen LogP contribution is -2.42. The Hall–Kier alpha value is -3.34. The van der Waals surface area contributed by atoms with Gasteiger partial charge in [0.05, 0.1) is 11.5 Å². The molecule has 1 unspecified atom stereocenters. The first-order chi connectivity index (χ1) is 11.0. The van der Waals surface area contributed by atoms with E-state index < -0.39 is 17.2 Å². The zero-order chi connectivity index (χ0) is 16.7. The van der Waals surface area contributed by atoms with Gasteiger partial charge < -0.3 is 10.5 Å². The monoisotopic (exact) mass is 311 g/mol. The van der Waals surface area contributed by atoms with E-state index >= 15 is 0 Å². The molecule has 2 aromatic heterocycles. The van der Waals surface area contributed by atoms with Crippen LogP contribution < -0.4 is 21.7 Å². The molecule has 23 heavy (non-hydrogen) atoms. The number of rotatable bonds is 1. The molecule has 8 heteroatoms. The fraction of sp³-hybridized carbons (Fsp3) is 0.200. The second kappa shape index (κ2) is 5.14. The van der Waals surface area contributed by atoms with Crippen molar-refractivity contribution < 1.29 is 4.74 Å². The van der Waals surface area contributed by atoms with Crippen molar-refractivity contribution in [2.45, 2.75) is 5.92 Å². The summed E-state index contributed by atoms with van der Waals surface area (Å²) in [6.07, 6.45) is 3.12. The zero-order valence-electron chi connectivity index (χ0n) is 12.5. The number of aromatic nitrogens is 3. The van der Waals surface area contributed by atoms with Crippen LogP contribution in [0.3, 0.4) is 0 Å². The van der Waals surface area contributed by atoms with Gasteiger partial charge in [-0.05, 0) is 17.7 Å². The Morgan fingerprint density at radius 1 is 1.26 bits per heavy atom. The van der Waals surface area contributed by atoms with Gasteiger partial charge in [0.25, 0.3) is 5.56 Å². The van der Waals surface area contributed by atoms with Gasteiger partial charge in [-0.25, -0.2) is 4.79 Å². The number of nitrogens with two attached hydrogens (primary N) is 1. The summed E-state index contributed by atoms with van der Waals surface area (Å²) in [5.74, 6) is -0.779. The normalized spacial score (nSPS) is 16.5. The number of fused-ring (bicyclic) bond motifs is 1. The highest BCUT2D eigenvalue weighted by molar-refractivity contribution is 5.52. The minimum Gasteiger partial charge on any atom is -0.423 e. The van der Waals surface area contributed by atoms with Gasteiger partial charge in [-0.1, -0.05) is 0 Å². The molecule has 0 fully saturated rings. The lowest BCUT2D eigenvalue weighted by molar-refractivity contribution is 0.348. The zero-order valence-corrected chi connectivity index (χ0v) is 12.5. The fourth-order valence-electron chi connectivity index (χ4n) is 2.68. The van der Waals surface area contributed by atoms with Gasteiger partial charge in [-0.15, -0.1) is 0 Å². The van der Waals surface area contributed by atoms with Crippen LogP contribution in [-0.4, -0.2) is 14.1 Å². The molecule has 1 aliphatic rings. The third kappa shape index (κ3) is 2.02. The van der Waals surface area contributed by atoms with Crippen LogP contribution in [0.25, 0.3) is 0 Å². The van der Waals surface area contributed by atoms with E-state index in [9.17, 15) is 14.9 Å². The minimum atomic E-state index is -0.711. The van der Waals surface area contributed by atoms with E-state index in [1.807, 2.05) is 6.07 Å². The molecule has 0 aliphatic carbocycles. The second-order valence-electron chi connectivity index (χ2n) is 5.13. The van der Waals surface area contributed by atoms with Gasteiger partial charge in [-0.2, -0.15) is 5.26 Å². The van der Waals surface area contributed by atoms with Crippen molar-refractivity contribution in [3.63, 3.8) is 0 Å². The average molecular weight is 311 g/mol.